The number of halogens is 1. The van der Waals surface area contributed by atoms with Gasteiger partial charge in [-0.2, -0.15) is 0 Å². The first-order valence-electron chi connectivity index (χ1n) is 6.53. The van der Waals surface area contributed by atoms with Gasteiger partial charge in [-0.05, 0) is 31.4 Å². The highest BCUT2D eigenvalue weighted by atomic mass is 32.1. The number of nitrogens with one attached hydrogen (secondary N) is 1. The fourth-order valence-corrected chi connectivity index (χ4v) is 3.42. The monoisotopic (exact) mass is 294 g/mol. The summed E-state index contributed by atoms with van der Waals surface area (Å²) in [5, 5.41) is 0.468. The van der Waals surface area contributed by atoms with Crippen molar-refractivity contribution in [3.05, 3.63) is 34.5 Å². The predicted molar refractivity (Wildman–Crippen MR) is 75.9 cm³/mol. The molecule has 1 heterocycles. The number of nitrogens with two attached hydrogens (primary N) is 1. The van der Waals surface area contributed by atoms with E-state index in [0.29, 0.717) is 15.8 Å². The second kappa shape index (κ2) is 5.47. The predicted octanol–water partition coefficient (Wildman–Crippen LogP) is 2.71. The molecule has 0 aliphatic heterocycles. The molecule has 0 saturated heterocycles. The number of benzene rings is 1. The number of nitrogen functional groups attached to an aromatic ring is 1. The van der Waals surface area contributed by atoms with Crippen LogP contribution in [0.25, 0.3) is 10.1 Å². The molecule has 6 heteroatoms. The summed E-state index contributed by atoms with van der Waals surface area (Å²) >= 11 is 1.24. The molecule has 0 spiro atoms. The molecule has 1 aliphatic rings. The smallest absolute Gasteiger partial charge is 0.275 e. The van der Waals surface area contributed by atoms with Gasteiger partial charge in [0.15, 0.2) is 0 Å². The standard InChI is InChI=1S/C14H15FN2O2S/c15-10-5-2-6-11-12(10)9(7-19-8-3-1-4-8)13(20-11)14(18)17-16/h2,5-6,8H,1,3-4,7,16H2,(H,17,18). The van der Waals surface area contributed by atoms with Gasteiger partial charge in [0.05, 0.1) is 12.7 Å². The van der Waals surface area contributed by atoms with Crippen molar-refractivity contribution in [3.63, 3.8) is 0 Å². The number of hydrogen-bond acceptors (Lipinski definition) is 4. The third-order valence-corrected chi connectivity index (χ3v) is 4.81. The molecule has 1 amide bonds. The van der Waals surface area contributed by atoms with Crippen molar-refractivity contribution in [2.75, 3.05) is 0 Å². The van der Waals surface area contributed by atoms with Gasteiger partial charge < -0.3 is 4.74 Å². The Bertz CT molecular complexity index is 652. The van der Waals surface area contributed by atoms with E-state index in [0.717, 1.165) is 17.5 Å². The summed E-state index contributed by atoms with van der Waals surface area (Å²) < 4.78 is 20.5. The van der Waals surface area contributed by atoms with Crippen LogP contribution in [-0.4, -0.2) is 12.0 Å². The van der Waals surface area contributed by atoms with Crippen molar-refractivity contribution >= 4 is 27.3 Å². The maximum atomic E-state index is 14.0. The van der Waals surface area contributed by atoms with Crippen LogP contribution in [0.15, 0.2) is 18.2 Å². The molecule has 1 aromatic heterocycles. The highest BCUT2D eigenvalue weighted by Gasteiger charge is 2.23. The first-order valence-corrected chi connectivity index (χ1v) is 7.34. The Balaban J connectivity index is 2.01. The zero-order valence-corrected chi connectivity index (χ0v) is 11.6. The van der Waals surface area contributed by atoms with Crippen LogP contribution in [0, 0.1) is 5.82 Å². The van der Waals surface area contributed by atoms with Crippen molar-refractivity contribution in [1.82, 2.24) is 5.43 Å². The lowest BCUT2D eigenvalue weighted by Crippen LogP contribution is -2.30. The van der Waals surface area contributed by atoms with Crippen LogP contribution in [0.2, 0.25) is 0 Å². The van der Waals surface area contributed by atoms with Gasteiger partial charge in [0.25, 0.3) is 5.91 Å². The SMILES string of the molecule is NNC(=O)c1sc2cccc(F)c2c1COC1CCC1. The number of carbonyl (C=O) groups excluding carboxylic acids is 1. The molecule has 0 unspecified atom stereocenters. The van der Waals surface area contributed by atoms with E-state index >= 15 is 0 Å². The molecule has 1 saturated carbocycles. The van der Waals surface area contributed by atoms with E-state index in [1.165, 1.54) is 23.8 Å². The zero-order chi connectivity index (χ0) is 14.1. The van der Waals surface area contributed by atoms with Crippen LogP contribution >= 0.6 is 11.3 Å². The number of fused-ring (bicyclic) bond motifs is 1. The van der Waals surface area contributed by atoms with E-state index in [1.807, 2.05) is 0 Å². The molecule has 3 rings (SSSR count). The van der Waals surface area contributed by atoms with Gasteiger partial charge in [-0.3, -0.25) is 10.2 Å². The van der Waals surface area contributed by atoms with Gasteiger partial charge in [-0.25, -0.2) is 10.2 Å². The first-order chi connectivity index (χ1) is 9.70. The van der Waals surface area contributed by atoms with Crippen LogP contribution in [0.3, 0.4) is 0 Å². The van der Waals surface area contributed by atoms with Crippen LogP contribution in [0.4, 0.5) is 4.39 Å². The highest BCUT2D eigenvalue weighted by molar-refractivity contribution is 7.21. The van der Waals surface area contributed by atoms with E-state index in [9.17, 15) is 9.18 Å². The number of thiophene rings is 1. The van der Waals surface area contributed by atoms with Gasteiger partial charge in [-0.1, -0.05) is 6.07 Å². The third-order valence-electron chi connectivity index (χ3n) is 3.62. The average Bonchev–Trinajstić information content (AvgIpc) is 2.76. The molecular formula is C14H15FN2O2S. The van der Waals surface area contributed by atoms with Crippen molar-refractivity contribution in [2.45, 2.75) is 32.0 Å². The maximum Gasteiger partial charge on any atom is 0.275 e. The van der Waals surface area contributed by atoms with Crippen molar-refractivity contribution < 1.29 is 13.9 Å². The molecule has 4 nitrogen and oxygen atoms in total. The summed E-state index contributed by atoms with van der Waals surface area (Å²) in [5.74, 6) is 4.46. The number of ether oxygens (including phenoxy) is 1. The number of hydrogen-bond donors (Lipinski definition) is 2. The van der Waals surface area contributed by atoms with Gasteiger partial charge in [0, 0.05) is 15.6 Å². The quantitative estimate of drug-likeness (QED) is 0.518. The zero-order valence-electron chi connectivity index (χ0n) is 10.8. The van der Waals surface area contributed by atoms with Crippen molar-refractivity contribution in [1.29, 1.82) is 0 Å². The van der Waals surface area contributed by atoms with Crippen LogP contribution in [0.5, 0.6) is 0 Å². The summed E-state index contributed by atoms with van der Waals surface area (Å²) in [6.07, 6.45) is 3.46. The molecule has 0 bridgehead atoms. The number of amides is 1. The molecule has 2 aromatic rings. The molecule has 1 aliphatic carbocycles. The molecular weight excluding hydrogens is 279 g/mol. The minimum atomic E-state index is -0.405. The first kappa shape index (κ1) is 13.5. The van der Waals surface area contributed by atoms with E-state index in [2.05, 4.69) is 5.43 Å². The van der Waals surface area contributed by atoms with Gasteiger partial charge in [-0.15, -0.1) is 11.3 Å². The summed E-state index contributed by atoms with van der Waals surface area (Å²) in [6, 6.07) is 4.82. The Kier molecular flexibility index (Phi) is 3.69. The molecule has 0 radical (unpaired) electrons. The topological polar surface area (TPSA) is 64.3 Å². The molecule has 106 valence electrons. The Morgan fingerprint density at radius 1 is 1.50 bits per heavy atom. The molecule has 0 atom stereocenters. The number of rotatable bonds is 4. The minimum Gasteiger partial charge on any atom is -0.373 e. The second-order valence-corrected chi connectivity index (χ2v) is 5.91. The highest BCUT2D eigenvalue weighted by Crippen LogP contribution is 2.35. The summed E-state index contributed by atoms with van der Waals surface area (Å²) in [4.78, 5) is 12.3. The van der Waals surface area contributed by atoms with E-state index in [1.54, 1.807) is 12.1 Å². The van der Waals surface area contributed by atoms with Crippen molar-refractivity contribution in [2.24, 2.45) is 5.84 Å². The normalized spacial score (nSPS) is 15.3. The Hall–Kier alpha value is -1.50. The van der Waals surface area contributed by atoms with Crippen LogP contribution in [0.1, 0.15) is 34.5 Å². The third kappa shape index (κ3) is 2.30. The van der Waals surface area contributed by atoms with Gasteiger partial charge >= 0.3 is 0 Å². The van der Waals surface area contributed by atoms with Crippen molar-refractivity contribution in [3.8, 4) is 0 Å². The minimum absolute atomic E-state index is 0.227. The molecule has 1 aromatic carbocycles. The Labute approximate surface area is 119 Å². The van der Waals surface area contributed by atoms with Gasteiger partial charge in [0.1, 0.15) is 10.7 Å². The molecule has 20 heavy (non-hydrogen) atoms. The lowest BCUT2D eigenvalue weighted by Gasteiger charge is -2.25. The average molecular weight is 294 g/mol. The Morgan fingerprint density at radius 2 is 2.30 bits per heavy atom. The number of carbonyl (C=O) groups is 1. The summed E-state index contributed by atoms with van der Waals surface area (Å²) in [5.41, 5.74) is 2.71. The summed E-state index contributed by atoms with van der Waals surface area (Å²) in [7, 11) is 0. The summed E-state index contributed by atoms with van der Waals surface area (Å²) in [6.45, 7) is 0.244. The Morgan fingerprint density at radius 3 is 2.95 bits per heavy atom. The van der Waals surface area contributed by atoms with E-state index in [-0.39, 0.29) is 18.5 Å². The number of hydrazine groups is 1. The second-order valence-electron chi connectivity index (χ2n) is 4.86. The lowest BCUT2D eigenvalue weighted by atomic mass is 9.96. The van der Waals surface area contributed by atoms with Crippen LogP contribution in [-0.2, 0) is 11.3 Å². The van der Waals surface area contributed by atoms with E-state index in [4.69, 9.17) is 10.6 Å². The largest absolute Gasteiger partial charge is 0.373 e. The van der Waals surface area contributed by atoms with Gasteiger partial charge in [0.2, 0.25) is 0 Å². The maximum absolute atomic E-state index is 14.0. The lowest BCUT2D eigenvalue weighted by molar-refractivity contribution is -0.00833. The van der Waals surface area contributed by atoms with E-state index < -0.39 is 5.91 Å². The van der Waals surface area contributed by atoms with Crippen LogP contribution < -0.4 is 11.3 Å². The fourth-order valence-electron chi connectivity index (χ4n) is 2.29. The molecule has 1 fully saturated rings. The molecule has 3 N–H and O–H groups in total. The fraction of sp³-hybridized carbons (Fsp3) is 0.357.